The van der Waals surface area contributed by atoms with E-state index in [0.29, 0.717) is 19.3 Å². The average Bonchev–Trinajstić information content (AvgIpc) is 2.86. The molecule has 5 heteroatoms. The summed E-state index contributed by atoms with van der Waals surface area (Å²) in [6.45, 7) is 3.35. The Kier molecular flexibility index (Phi) is 4.19. The van der Waals surface area contributed by atoms with Crippen molar-refractivity contribution < 1.29 is 14.2 Å². The largest absolute Gasteiger partial charge is 0.486 e. The molecule has 1 aromatic rings. The number of likely N-dealkylation sites (N-methyl/N-ethyl adjacent to an activating group) is 1. The van der Waals surface area contributed by atoms with Crippen molar-refractivity contribution in [2.24, 2.45) is 0 Å². The van der Waals surface area contributed by atoms with E-state index in [0.717, 1.165) is 34.4 Å². The predicted molar refractivity (Wildman–Crippen MR) is 80.5 cm³/mol. The zero-order valence-electron chi connectivity index (χ0n) is 11.8. The van der Waals surface area contributed by atoms with Crippen molar-refractivity contribution in [2.75, 3.05) is 20.3 Å². The fourth-order valence-electron chi connectivity index (χ4n) is 2.94. The summed E-state index contributed by atoms with van der Waals surface area (Å²) < 4.78 is 18.3. The van der Waals surface area contributed by atoms with Gasteiger partial charge in [0.15, 0.2) is 11.5 Å². The number of rotatable bonds is 3. The van der Waals surface area contributed by atoms with Gasteiger partial charge in [0.1, 0.15) is 13.2 Å². The van der Waals surface area contributed by atoms with Crippen LogP contribution in [0.2, 0.25) is 0 Å². The Morgan fingerprint density at radius 2 is 1.90 bits per heavy atom. The second kappa shape index (κ2) is 5.92. The van der Waals surface area contributed by atoms with Gasteiger partial charge in [-0.15, -0.1) is 0 Å². The first kappa shape index (κ1) is 14.2. The van der Waals surface area contributed by atoms with Crippen molar-refractivity contribution in [3.63, 3.8) is 0 Å². The van der Waals surface area contributed by atoms with Gasteiger partial charge in [-0.25, -0.2) is 0 Å². The van der Waals surface area contributed by atoms with Crippen LogP contribution in [-0.4, -0.2) is 32.5 Å². The lowest BCUT2D eigenvalue weighted by Crippen LogP contribution is -2.30. The monoisotopic (exact) mass is 341 g/mol. The molecule has 1 fully saturated rings. The van der Waals surface area contributed by atoms with Crippen LogP contribution < -0.4 is 14.8 Å². The van der Waals surface area contributed by atoms with Gasteiger partial charge in [0.05, 0.1) is 18.2 Å². The van der Waals surface area contributed by atoms with Crippen LogP contribution in [0.1, 0.15) is 31.4 Å². The van der Waals surface area contributed by atoms with Crippen LogP contribution in [0, 0.1) is 0 Å². The van der Waals surface area contributed by atoms with Gasteiger partial charge < -0.3 is 19.5 Å². The second-order valence-corrected chi connectivity index (χ2v) is 6.20. The van der Waals surface area contributed by atoms with E-state index in [1.165, 1.54) is 0 Å². The predicted octanol–water partition coefficient (Wildman–Crippen LogP) is 3.05. The van der Waals surface area contributed by atoms with Gasteiger partial charge in [0.2, 0.25) is 0 Å². The average molecular weight is 342 g/mol. The van der Waals surface area contributed by atoms with Gasteiger partial charge in [0, 0.05) is 4.47 Å². The van der Waals surface area contributed by atoms with E-state index in [2.05, 4.69) is 34.2 Å². The fraction of sp³-hybridized carbons (Fsp3) is 0.600. The minimum atomic E-state index is 0.158. The van der Waals surface area contributed by atoms with Crippen LogP contribution in [0.4, 0.5) is 0 Å². The molecule has 1 saturated heterocycles. The SMILES string of the molecule is CNC(c1cc2c(cc1Br)OCCO2)C1CCC(C)O1. The molecule has 0 amide bonds. The lowest BCUT2D eigenvalue weighted by Gasteiger charge is -2.27. The summed E-state index contributed by atoms with van der Waals surface area (Å²) in [6, 6.07) is 4.21. The molecular weight excluding hydrogens is 322 g/mol. The molecule has 0 aliphatic carbocycles. The van der Waals surface area contributed by atoms with E-state index in [1.54, 1.807) is 0 Å². The molecule has 1 aromatic carbocycles. The molecule has 110 valence electrons. The Hall–Kier alpha value is -0.780. The quantitative estimate of drug-likeness (QED) is 0.917. The van der Waals surface area contributed by atoms with Crippen molar-refractivity contribution >= 4 is 15.9 Å². The van der Waals surface area contributed by atoms with E-state index in [9.17, 15) is 0 Å². The summed E-state index contributed by atoms with van der Waals surface area (Å²) in [5.74, 6) is 1.63. The van der Waals surface area contributed by atoms with Crippen LogP contribution in [0.15, 0.2) is 16.6 Å². The van der Waals surface area contributed by atoms with E-state index in [4.69, 9.17) is 14.2 Å². The van der Waals surface area contributed by atoms with E-state index in [1.807, 2.05) is 13.1 Å². The molecule has 2 aliphatic heterocycles. The minimum absolute atomic E-state index is 0.158. The summed E-state index contributed by atoms with van der Waals surface area (Å²) in [5.41, 5.74) is 1.16. The topological polar surface area (TPSA) is 39.7 Å². The third kappa shape index (κ3) is 2.67. The molecule has 0 bridgehead atoms. The third-order valence-electron chi connectivity index (χ3n) is 3.94. The number of hydrogen-bond donors (Lipinski definition) is 1. The molecule has 2 aliphatic rings. The Bertz CT molecular complexity index is 494. The summed E-state index contributed by atoms with van der Waals surface area (Å²) >= 11 is 3.65. The molecule has 20 heavy (non-hydrogen) atoms. The van der Waals surface area contributed by atoms with Gasteiger partial charge in [-0.2, -0.15) is 0 Å². The zero-order valence-corrected chi connectivity index (χ0v) is 13.4. The molecule has 3 rings (SSSR count). The van der Waals surface area contributed by atoms with Gasteiger partial charge in [0.25, 0.3) is 0 Å². The molecule has 1 N–H and O–H groups in total. The number of ether oxygens (including phenoxy) is 3. The first-order chi connectivity index (χ1) is 9.69. The standard InChI is InChI=1S/C15H20BrNO3/c1-9-3-4-12(20-9)15(17-2)10-7-13-14(8-11(10)16)19-6-5-18-13/h7-9,12,15,17H,3-6H2,1-2H3. The Morgan fingerprint density at radius 3 is 2.50 bits per heavy atom. The van der Waals surface area contributed by atoms with E-state index >= 15 is 0 Å². The molecule has 3 unspecified atom stereocenters. The van der Waals surface area contributed by atoms with Gasteiger partial charge in [-0.3, -0.25) is 0 Å². The van der Waals surface area contributed by atoms with Crippen LogP contribution in [-0.2, 0) is 4.74 Å². The van der Waals surface area contributed by atoms with Crippen LogP contribution in [0.25, 0.3) is 0 Å². The highest BCUT2D eigenvalue weighted by molar-refractivity contribution is 9.10. The first-order valence-electron chi connectivity index (χ1n) is 7.11. The maximum Gasteiger partial charge on any atom is 0.162 e. The van der Waals surface area contributed by atoms with Gasteiger partial charge in [-0.1, -0.05) is 15.9 Å². The molecule has 0 spiro atoms. The molecular formula is C15H20BrNO3. The van der Waals surface area contributed by atoms with Crippen LogP contribution in [0.3, 0.4) is 0 Å². The molecule has 0 aromatic heterocycles. The molecule has 4 nitrogen and oxygen atoms in total. The highest BCUT2D eigenvalue weighted by Crippen LogP contribution is 2.40. The Balaban J connectivity index is 1.91. The summed E-state index contributed by atoms with van der Waals surface area (Å²) in [6.07, 6.45) is 2.74. The number of nitrogens with one attached hydrogen (secondary N) is 1. The lowest BCUT2D eigenvalue weighted by molar-refractivity contribution is 0.0330. The highest BCUT2D eigenvalue weighted by Gasteiger charge is 2.31. The van der Waals surface area contributed by atoms with Crippen LogP contribution in [0.5, 0.6) is 11.5 Å². The normalized spacial score (nSPS) is 26.6. The number of hydrogen-bond acceptors (Lipinski definition) is 4. The van der Waals surface area contributed by atoms with Crippen molar-refractivity contribution in [1.29, 1.82) is 0 Å². The summed E-state index contributed by atoms with van der Waals surface area (Å²) in [4.78, 5) is 0. The number of halogens is 1. The van der Waals surface area contributed by atoms with Gasteiger partial charge in [-0.05, 0) is 44.5 Å². The molecule has 0 radical (unpaired) electrons. The summed E-state index contributed by atoms with van der Waals surface area (Å²) in [5, 5.41) is 3.38. The summed E-state index contributed by atoms with van der Waals surface area (Å²) in [7, 11) is 1.97. The molecule has 2 heterocycles. The number of benzene rings is 1. The minimum Gasteiger partial charge on any atom is -0.486 e. The fourth-order valence-corrected chi connectivity index (χ4v) is 3.51. The number of fused-ring (bicyclic) bond motifs is 1. The Morgan fingerprint density at radius 1 is 1.20 bits per heavy atom. The van der Waals surface area contributed by atoms with E-state index in [-0.39, 0.29) is 12.1 Å². The van der Waals surface area contributed by atoms with Crippen molar-refractivity contribution in [3.05, 3.63) is 22.2 Å². The maximum atomic E-state index is 6.01. The van der Waals surface area contributed by atoms with E-state index < -0.39 is 0 Å². The molecule has 0 saturated carbocycles. The van der Waals surface area contributed by atoms with Crippen molar-refractivity contribution in [1.82, 2.24) is 5.32 Å². The third-order valence-corrected chi connectivity index (χ3v) is 4.63. The zero-order chi connectivity index (χ0) is 14.1. The van der Waals surface area contributed by atoms with Crippen molar-refractivity contribution in [2.45, 2.75) is 38.0 Å². The first-order valence-corrected chi connectivity index (χ1v) is 7.90. The van der Waals surface area contributed by atoms with Gasteiger partial charge >= 0.3 is 0 Å². The smallest absolute Gasteiger partial charge is 0.162 e. The van der Waals surface area contributed by atoms with Crippen LogP contribution >= 0.6 is 15.9 Å². The lowest BCUT2D eigenvalue weighted by atomic mass is 9.98. The van der Waals surface area contributed by atoms with Crippen molar-refractivity contribution in [3.8, 4) is 11.5 Å². The molecule has 3 atom stereocenters. The maximum absolute atomic E-state index is 6.01. The second-order valence-electron chi connectivity index (χ2n) is 5.35. The Labute approximate surface area is 127 Å². The highest BCUT2D eigenvalue weighted by atomic mass is 79.9.